The summed E-state index contributed by atoms with van der Waals surface area (Å²) >= 11 is 0. The number of halogens is 2. The Bertz CT molecular complexity index is 610. The van der Waals surface area contributed by atoms with E-state index in [0.717, 1.165) is 6.07 Å². The third kappa shape index (κ3) is 2.46. The predicted octanol–water partition coefficient (Wildman–Crippen LogP) is 1.86. The van der Waals surface area contributed by atoms with Crippen molar-refractivity contribution in [2.75, 3.05) is 0 Å². The van der Waals surface area contributed by atoms with Crippen LogP contribution in [0.2, 0.25) is 0 Å². The number of rotatable bonds is 3. The molecule has 5 heteroatoms. The topological polar surface area (TPSA) is 42.2 Å². The molecule has 0 bridgehead atoms. The minimum absolute atomic E-state index is 0.125. The van der Waals surface area contributed by atoms with Gasteiger partial charge in [0, 0.05) is 17.8 Å². The Morgan fingerprint density at radius 2 is 1.94 bits per heavy atom. The third-order valence-corrected chi connectivity index (χ3v) is 2.61. The monoisotopic (exact) mass is 251 g/mol. The maximum Gasteiger partial charge on any atom is 0.250 e. The first kappa shape index (κ1) is 12.4. The summed E-state index contributed by atoms with van der Waals surface area (Å²) in [6, 6.07) is 8.08. The van der Waals surface area contributed by atoms with Crippen LogP contribution in [0.3, 0.4) is 0 Å². The number of pyridine rings is 1. The first-order valence-electron chi connectivity index (χ1n) is 5.37. The van der Waals surface area contributed by atoms with Gasteiger partial charge in [-0.15, -0.1) is 0 Å². The molecule has 2 rings (SSSR count). The van der Waals surface area contributed by atoms with Gasteiger partial charge in [-0.05, 0) is 12.1 Å². The van der Waals surface area contributed by atoms with Crippen molar-refractivity contribution in [2.45, 2.75) is 12.6 Å². The summed E-state index contributed by atoms with van der Waals surface area (Å²) in [5.74, 6) is -2.11. The van der Waals surface area contributed by atoms with Crippen LogP contribution in [-0.4, -0.2) is 9.67 Å². The number of nitrogens with zero attached hydrogens (tertiary/aromatic N) is 1. The number of hydrogen-bond acceptors (Lipinski definition) is 2. The molecule has 18 heavy (non-hydrogen) atoms. The zero-order chi connectivity index (χ0) is 13.1. The number of hydrogen-bond donors (Lipinski definition) is 1. The molecule has 1 aromatic heterocycles. The van der Waals surface area contributed by atoms with Crippen LogP contribution in [0.25, 0.3) is 0 Å². The number of aliphatic hydroxyl groups is 1. The first-order valence-corrected chi connectivity index (χ1v) is 5.37. The van der Waals surface area contributed by atoms with Crippen LogP contribution in [0.1, 0.15) is 11.7 Å². The van der Waals surface area contributed by atoms with Gasteiger partial charge >= 0.3 is 0 Å². The van der Waals surface area contributed by atoms with Crippen molar-refractivity contribution < 1.29 is 13.9 Å². The molecule has 0 aliphatic rings. The third-order valence-electron chi connectivity index (χ3n) is 2.61. The van der Waals surface area contributed by atoms with Crippen molar-refractivity contribution in [2.24, 2.45) is 0 Å². The summed E-state index contributed by atoms with van der Waals surface area (Å²) in [5, 5.41) is 9.84. The molecule has 0 fully saturated rings. The molecule has 1 N–H and O–H groups in total. The number of benzene rings is 1. The lowest BCUT2D eigenvalue weighted by atomic mass is 10.1. The lowest BCUT2D eigenvalue weighted by Gasteiger charge is -2.13. The Morgan fingerprint density at radius 1 is 1.17 bits per heavy atom. The molecule has 3 nitrogen and oxygen atoms in total. The van der Waals surface area contributed by atoms with E-state index >= 15 is 0 Å². The minimum atomic E-state index is -1.28. The molecule has 94 valence electrons. The SMILES string of the molecule is O=c1ccccn1CC(O)c1cccc(F)c1F. The highest BCUT2D eigenvalue weighted by Gasteiger charge is 2.16. The molecule has 2 aromatic rings. The minimum Gasteiger partial charge on any atom is -0.386 e. The van der Waals surface area contributed by atoms with E-state index in [0.29, 0.717) is 0 Å². The molecular weight excluding hydrogens is 240 g/mol. The number of aromatic nitrogens is 1. The molecule has 0 radical (unpaired) electrons. The standard InChI is InChI=1S/C13H11F2NO2/c14-10-5-3-4-9(13(10)15)11(17)8-16-7-2-1-6-12(16)18/h1-7,11,17H,8H2. The van der Waals surface area contributed by atoms with Gasteiger partial charge in [0.2, 0.25) is 0 Å². The lowest BCUT2D eigenvalue weighted by molar-refractivity contribution is 0.149. The molecule has 0 aliphatic carbocycles. The van der Waals surface area contributed by atoms with Crippen molar-refractivity contribution >= 4 is 0 Å². The maximum absolute atomic E-state index is 13.4. The van der Waals surface area contributed by atoms with Crippen LogP contribution in [-0.2, 0) is 6.54 Å². The smallest absolute Gasteiger partial charge is 0.250 e. The van der Waals surface area contributed by atoms with Crippen molar-refractivity contribution in [3.8, 4) is 0 Å². The summed E-state index contributed by atoms with van der Waals surface area (Å²) in [5.41, 5.74) is -0.473. The Balaban J connectivity index is 2.28. The van der Waals surface area contributed by atoms with Crippen LogP contribution >= 0.6 is 0 Å². The predicted molar refractivity (Wildman–Crippen MR) is 62.0 cm³/mol. The van der Waals surface area contributed by atoms with Gasteiger partial charge < -0.3 is 9.67 Å². The molecule has 1 heterocycles. The van der Waals surface area contributed by atoms with Crippen molar-refractivity contribution in [1.29, 1.82) is 0 Å². The van der Waals surface area contributed by atoms with E-state index in [9.17, 15) is 18.7 Å². The van der Waals surface area contributed by atoms with E-state index in [1.165, 1.54) is 29.0 Å². The van der Waals surface area contributed by atoms with E-state index in [1.54, 1.807) is 12.1 Å². The van der Waals surface area contributed by atoms with E-state index in [2.05, 4.69) is 0 Å². The fourth-order valence-electron chi connectivity index (χ4n) is 1.67. The summed E-state index contributed by atoms with van der Waals surface area (Å²) < 4.78 is 27.7. The second-order valence-electron chi connectivity index (χ2n) is 3.85. The second kappa shape index (κ2) is 5.10. The molecule has 1 atom stereocenters. The van der Waals surface area contributed by atoms with E-state index in [-0.39, 0.29) is 17.7 Å². The van der Waals surface area contributed by atoms with Gasteiger partial charge in [0.05, 0.1) is 12.6 Å². The van der Waals surface area contributed by atoms with Crippen LogP contribution in [0.5, 0.6) is 0 Å². The van der Waals surface area contributed by atoms with Crippen molar-refractivity contribution in [3.63, 3.8) is 0 Å². The highest BCUT2D eigenvalue weighted by Crippen LogP contribution is 2.20. The Kier molecular flexibility index (Phi) is 3.53. The van der Waals surface area contributed by atoms with E-state index < -0.39 is 17.7 Å². The highest BCUT2D eigenvalue weighted by atomic mass is 19.2. The summed E-state index contributed by atoms with van der Waals surface area (Å²) in [7, 11) is 0. The van der Waals surface area contributed by atoms with Gasteiger partial charge in [-0.3, -0.25) is 4.79 Å². The summed E-state index contributed by atoms with van der Waals surface area (Å²) in [6.45, 7) is -0.125. The molecular formula is C13H11F2NO2. The van der Waals surface area contributed by atoms with Gasteiger partial charge in [0.25, 0.3) is 5.56 Å². The normalized spacial score (nSPS) is 12.4. The van der Waals surface area contributed by atoms with E-state index in [1.807, 2.05) is 0 Å². The van der Waals surface area contributed by atoms with Gasteiger partial charge in [-0.2, -0.15) is 0 Å². The second-order valence-corrected chi connectivity index (χ2v) is 3.85. The molecule has 0 saturated carbocycles. The van der Waals surface area contributed by atoms with Crippen LogP contribution in [0.15, 0.2) is 47.4 Å². The van der Waals surface area contributed by atoms with E-state index in [4.69, 9.17) is 0 Å². The Labute approximate surface area is 102 Å². The van der Waals surface area contributed by atoms with Gasteiger partial charge in [0.15, 0.2) is 11.6 Å². The quantitative estimate of drug-likeness (QED) is 0.904. The molecule has 0 saturated heterocycles. The van der Waals surface area contributed by atoms with Crippen LogP contribution < -0.4 is 5.56 Å². The Morgan fingerprint density at radius 3 is 2.67 bits per heavy atom. The first-order chi connectivity index (χ1) is 8.59. The van der Waals surface area contributed by atoms with Crippen LogP contribution in [0.4, 0.5) is 8.78 Å². The van der Waals surface area contributed by atoms with Gasteiger partial charge in [0.1, 0.15) is 0 Å². The molecule has 1 aromatic carbocycles. The summed E-state index contributed by atoms with van der Waals surface area (Å²) in [6.07, 6.45) is 0.198. The fourth-order valence-corrected chi connectivity index (χ4v) is 1.67. The average Bonchev–Trinajstić information content (AvgIpc) is 2.35. The molecule has 0 aliphatic heterocycles. The van der Waals surface area contributed by atoms with Crippen molar-refractivity contribution in [3.05, 3.63) is 70.1 Å². The largest absolute Gasteiger partial charge is 0.386 e. The maximum atomic E-state index is 13.4. The van der Waals surface area contributed by atoms with Crippen molar-refractivity contribution in [1.82, 2.24) is 4.57 Å². The summed E-state index contributed by atoms with van der Waals surface area (Å²) in [4.78, 5) is 11.4. The average molecular weight is 251 g/mol. The molecule has 0 spiro atoms. The molecule has 1 unspecified atom stereocenters. The lowest BCUT2D eigenvalue weighted by Crippen LogP contribution is -2.22. The Hall–Kier alpha value is -2.01. The van der Waals surface area contributed by atoms with Gasteiger partial charge in [-0.1, -0.05) is 18.2 Å². The zero-order valence-electron chi connectivity index (χ0n) is 9.38. The molecule has 0 amide bonds. The number of aliphatic hydroxyl groups excluding tert-OH is 1. The van der Waals surface area contributed by atoms with Gasteiger partial charge in [-0.25, -0.2) is 8.78 Å². The van der Waals surface area contributed by atoms with Crippen LogP contribution in [0, 0.1) is 11.6 Å². The highest BCUT2D eigenvalue weighted by molar-refractivity contribution is 5.21. The zero-order valence-corrected chi connectivity index (χ0v) is 9.38. The fraction of sp³-hybridized carbons (Fsp3) is 0.154.